The SMILES string of the molecule is CN=C(NCc1ccnc(Oc2ccc(F)cc2)c1)NCc1ccc(OC)cc1OC.I. The molecule has 1 heterocycles. The van der Waals surface area contributed by atoms with Gasteiger partial charge in [-0.05, 0) is 48.0 Å². The van der Waals surface area contributed by atoms with Crippen LogP contribution in [-0.2, 0) is 13.1 Å². The molecule has 0 radical (unpaired) electrons. The van der Waals surface area contributed by atoms with E-state index in [1.807, 2.05) is 30.3 Å². The topological polar surface area (TPSA) is 77.0 Å². The molecule has 1 aromatic heterocycles. The molecule has 2 aromatic carbocycles. The number of pyridine rings is 1. The Balaban J connectivity index is 0.00000363. The average Bonchev–Trinajstić information content (AvgIpc) is 2.81. The molecule has 3 rings (SSSR count). The highest BCUT2D eigenvalue weighted by atomic mass is 127. The fourth-order valence-electron chi connectivity index (χ4n) is 2.82. The zero-order valence-corrected chi connectivity index (χ0v) is 20.4. The van der Waals surface area contributed by atoms with Crippen molar-refractivity contribution in [3.05, 3.63) is 77.7 Å². The summed E-state index contributed by atoms with van der Waals surface area (Å²) in [4.78, 5) is 8.45. The van der Waals surface area contributed by atoms with Gasteiger partial charge in [0.05, 0.1) is 14.2 Å². The third kappa shape index (κ3) is 7.26. The van der Waals surface area contributed by atoms with Gasteiger partial charge in [0.1, 0.15) is 23.1 Å². The highest BCUT2D eigenvalue weighted by Gasteiger charge is 2.07. The molecule has 0 aliphatic carbocycles. The number of aromatic nitrogens is 1. The van der Waals surface area contributed by atoms with Crippen LogP contribution in [0.4, 0.5) is 4.39 Å². The second kappa shape index (κ2) is 12.7. The van der Waals surface area contributed by atoms with Gasteiger partial charge >= 0.3 is 0 Å². The molecule has 0 aliphatic heterocycles. The molecule has 0 unspecified atom stereocenters. The van der Waals surface area contributed by atoms with Gasteiger partial charge in [0, 0.05) is 44.0 Å². The number of guanidine groups is 1. The van der Waals surface area contributed by atoms with E-state index in [1.54, 1.807) is 39.6 Å². The Kier molecular flexibility index (Phi) is 9.99. The van der Waals surface area contributed by atoms with Crippen LogP contribution >= 0.6 is 24.0 Å². The van der Waals surface area contributed by atoms with Gasteiger partial charge in [-0.25, -0.2) is 9.37 Å². The van der Waals surface area contributed by atoms with Gasteiger partial charge < -0.3 is 24.8 Å². The molecular formula is C23H26FIN4O3. The Labute approximate surface area is 204 Å². The number of hydrogen-bond donors (Lipinski definition) is 2. The molecule has 0 amide bonds. The summed E-state index contributed by atoms with van der Waals surface area (Å²) in [5.74, 6) is 2.74. The normalized spacial score (nSPS) is 10.7. The molecular weight excluding hydrogens is 526 g/mol. The van der Waals surface area contributed by atoms with Crippen molar-refractivity contribution in [2.45, 2.75) is 13.1 Å². The molecule has 0 atom stereocenters. The Morgan fingerprint density at radius 3 is 2.34 bits per heavy atom. The maximum atomic E-state index is 13.0. The van der Waals surface area contributed by atoms with E-state index in [9.17, 15) is 4.39 Å². The van der Waals surface area contributed by atoms with Crippen LogP contribution in [0.1, 0.15) is 11.1 Å². The Morgan fingerprint density at radius 1 is 0.938 bits per heavy atom. The summed E-state index contributed by atoms with van der Waals surface area (Å²) in [7, 11) is 4.95. The summed E-state index contributed by atoms with van der Waals surface area (Å²) in [5, 5.41) is 6.52. The summed E-state index contributed by atoms with van der Waals surface area (Å²) in [6.45, 7) is 1.05. The van der Waals surface area contributed by atoms with Crippen LogP contribution in [0.25, 0.3) is 0 Å². The van der Waals surface area contributed by atoms with E-state index in [1.165, 1.54) is 12.1 Å². The number of aliphatic imine (C=N–C) groups is 1. The van der Waals surface area contributed by atoms with Crippen molar-refractivity contribution in [1.29, 1.82) is 0 Å². The smallest absolute Gasteiger partial charge is 0.219 e. The summed E-state index contributed by atoms with van der Waals surface area (Å²) < 4.78 is 29.4. The highest BCUT2D eigenvalue weighted by molar-refractivity contribution is 14.0. The molecule has 0 saturated heterocycles. The van der Waals surface area contributed by atoms with Gasteiger partial charge in [-0.3, -0.25) is 4.99 Å². The number of rotatable bonds is 8. The first-order chi connectivity index (χ1) is 15.1. The first kappa shape index (κ1) is 25.2. The number of hydrogen-bond acceptors (Lipinski definition) is 5. The van der Waals surface area contributed by atoms with E-state index in [-0.39, 0.29) is 29.8 Å². The van der Waals surface area contributed by atoms with Crippen molar-refractivity contribution >= 4 is 29.9 Å². The molecule has 32 heavy (non-hydrogen) atoms. The van der Waals surface area contributed by atoms with Gasteiger partial charge in [-0.1, -0.05) is 0 Å². The largest absolute Gasteiger partial charge is 0.497 e. The maximum absolute atomic E-state index is 13.0. The lowest BCUT2D eigenvalue weighted by atomic mass is 10.2. The maximum Gasteiger partial charge on any atom is 0.219 e. The Bertz CT molecular complexity index is 1030. The van der Waals surface area contributed by atoms with Crippen molar-refractivity contribution in [3.63, 3.8) is 0 Å². The molecule has 7 nitrogen and oxygen atoms in total. The minimum Gasteiger partial charge on any atom is -0.497 e. The highest BCUT2D eigenvalue weighted by Crippen LogP contribution is 2.24. The zero-order valence-electron chi connectivity index (χ0n) is 18.1. The number of ether oxygens (including phenoxy) is 3. The number of benzene rings is 2. The van der Waals surface area contributed by atoms with E-state index >= 15 is 0 Å². The number of methoxy groups -OCH3 is 2. The van der Waals surface area contributed by atoms with Gasteiger partial charge in [-0.2, -0.15) is 0 Å². The van der Waals surface area contributed by atoms with E-state index in [0.29, 0.717) is 30.7 Å². The van der Waals surface area contributed by atoms with Crippen LogP contribution < -0.4 is 24.8 Å². The standard InChI is InChI=1S/C23H25FN4O3.HI/c1-25-23(28-15-17-4-7-20(29-2)13-21(17)30-3)27-14-16-10-11-26-22(12-16)31-19-8-5-18(24)6-9-19;/h4-13H,14-15H2,1-3H3,(H2,25,27,28);1H. The van der Waals surface area contributed by atoms with Crippen molar-refractivity contribution < 1.29 is 18.6 Å². The quantitative estimate of drug-likeness (QED) is 0.243. The monoisotopic (exact) mass is 552 g/mol. The first-order valence-corrected chi connectivity index (χ1v) is 9.65. The lowest BCUT2D eigenvalue weighted by molar-refractivity contribution is 0.390. The lowest BCUT2D eigenvalue weighted by Crippen LogP contribution is -2.36. The fraction of sp³-hybridized carbons (Fsp3) is 0.217. The van der Waals surface area contributed by atoms with Crippen molar-refractivity contribution in [1.82, 2.24) is 15.6 Å². The van der Waals surface area contributed by atoms with Gasteiger partial charge in [0.25, 0.3) is 0 Å². The number of halogens is 2. The van der Waals surface area contributed by atoms with Gasteiger partial charge in [0.15, 0.2) is 5.96 Å². The number of nitrogens with zero attached hydrogens (tertiary/aromatic N) is 2. The Morgan fingerprint density at radius 2 is 1.66 bits per heavy atom. The second-order valence-corrected chi connectivity index (χ2v) is 6.52. The predicted molar refractivity (Wildman–Crippen MR) is 133 cm³/mol. The third-order valence-electron chi connectivity index (χ3n) is 4.46. The van der Waals surface area contributed by atoms with Gasteiger partial charge in [-0.15, -0.1) is 24.0 Å². The van der Waals surface area contributed by atoms with E-state index in [2.05, 4.69) is 20.6 Å². The van der Waals surface area contributed by atoms with Crippen LogP contribution in [0.15, 0.2) is 65.8 Å². The van der Waals surface area contributed by atoms with Crippen molar-refractivity contribution in [2.24, 2.45) is 4.99 Å². The van der Waals surface area contributed by atoms with Crippen LogP contribution in [0.3, 0.4) is 0 Å². The summed E-state index contributed by atoms with van der Waals surface area (Å²) >= 11 is 0. The minimum absolute atomic E-state index is 0. The van der Waals surface area contributed by atoms with Crippen LogP contribution in [0.2, 0.25) is 0 Å². The van der Waals surface area contributed by atoms with Crippen molar-refractivity contribution in [2.75, 3.05) is 21.3 Å². The molecule has 0 bridgehead atoms. The zero-order chi connectivity index (χ0) is 22.1. The Hall–Kier alpha value is -3.08. The van der Waals surface area contributed by atoms with Gasteiger partial charge in [0.2, 0.25) is 5.88 Å². The summed E-state index contributed by atoms with van der Waals surface area (Å²) in [6, 6.07) is 15.2. The summed E-state index contributed by atoms with van der Waals surface area (Å²) in [6.07, 6.45) is 1.66. The van der Waals surface area contributed by atoms with Crippen LogP contribution in [0.5, 0.6) is 23.1 Å². The lowest BCUT2D eigenvalue weighted by Gasteiger charge is -2.15. The third-order valence-corrected chi connectivity index (χ3v) is 4.46. The molecule has 0 spiro atoms. The van der Waals surface area contributed by atoms with Crippen molar-refractivity contribution in [3.8, 4) is 23.1 Å². The average molecular weight is 552 g/mol. The molecule has 2 N–H and O–H groups in total. The molecule has 0 fully saturated rings. The first-order valence-electron chi connectivity index (χ1n) is 9.65. The van der Waals surface area contributed by atoms with E-state index < -0.39 is 0 Å². The summed E-state index contributed by atoms with van der Waals surface area (Å²) in [5.41, 5.74) is 1.93. The molecule has 170 valence electrons. The van der Waals surface area contributed by atoms with E-state index in [4.69, 9.17) is 14.2 Å². The molecule has 0 aliphatic rings. The molecule has 3 aromatic rings. The number of nitrogens with one attached hydrogen (secondary N) is 2. The van der Waals surface area contributed by atoms with Crippen LogP contribution in [-0.4, -0.2) is 32.2 Å². The van der Waals surface area contributed by atoms with Crippen LogP contribution in [0, 0.1) is 5.82 Å². The van der Waals surface area contributed by atoms with E-state index in [0.717, 1.165) is 22.6 Å². The molecule has 9 heteroatoms. The predicted octanol–water partition coefficient (Wildman–Crippen LogP) is 4.51. The minimum atomic E-state index is -0.315. The second-order valence-electron chi connectivity index (χ2n) is 6.52. The fourth-order valence-corrected chi connectivity index (χ4v) is 2.82. The molecule has 0 saturated carbocycles.